The molecule has 7 nitrogen and oxygen atoms in total. The first-order valence-electron chi connectivity index (χ1n) is 10.4. The lowest BCUT2D eigenvalue weighted by Crippen LogP contribution is -2.38. The number of benzene rings is 2. The van der Waals surface area contributed by atoms with Crippen molar-refractivity contribution in [2.45, 2.75) is 33.7 Å². The average molecular weight is 419 g/mol. The molecule has 3 rings (SSSR count). The molecule has 0 saturated heterocycles. The molecule has 0 spiro atoms. The van der Waals surface area contributed by atoms with Gasteiger partial charge in [0.1, 0.15) is 0 Å². The van der Waals surface area contributed by atoms with E-state index in [1.54, 1.807) is 7.05 Å². The summed E-state index contributed by atoms with van der Waals surface area (Å²) in [6.45, 7) is 6.96. The number of guanidine groups is 1. The van der Waals surface area contributed by atoms with Crippen LogP contribution in [-0.2, 0) is 17.8 Å². The Kier molecular flexibility index (Phi) is 7.43. The number of carbonyl (C=O) groups excluding carboxylic acids is 1. The molecule has 0 radical (unpaired) electrons. The zero-order chi connectivity index (χ0) is 22.2. The largest absolute Gasteiger partial charge is 0.356 e. The normalized spacial score (nSPS) is 11.3. The Labute approximate surface area is 183 Å². The van der Waals surface area contributed by atoms with Crippen molar-refractivity contribution in [1.29, 1.82) is 0 Å². The fourth-order valence-corrected chi connectivity index (χ4v) is 3.42. The summed E-state index contributed by atoms with van der Waals surface area (Å²) >= 11 is 0. The number of hydrogen-bond donors (Lipinski definition) is 3. The SMILES string of the molecule is CN=C(NCCc1ccc(NC(C)=O)cc1)NCc1ccccc1-n1nc(C)cc1C. The molecule has 0 aliphatic rings. The number of aryl methyl sites for hydroxylation is 2. The van der Waals surface area contributed by atoms with Crippen molar-refractivity contribution in [2.75, 3.05) is 18.9 Å². The Morgan fingerprint density at radius 3 is 2.45 bits per heavy atom. The third-order valence-corrected chi connectivity index (χ3v) is 4.88. The summed E-state index contributed by atoms with van der Waals surface area (Å²) in [5.74, 6) is 0.682. The third-order valence-electron chi connectivity index (χ3n) is 4.88. The molecule has 0 bridgehead atoms. The molecule has 0 atom stereocenters. The number of nitrogens with zero attached hydrogens (tertiary/aromatic N) is 3. The summed E-state index contributed by atoms with van der Waals surface area (Å²) < 4.78 is 1.98. The molecule has 3 aromatic rings. The van der Waals surface area contributed by atoms with Crippen LogP contribution in [0.4, 0.5) is 5.69 Å². The summed E-state index contributed by atoms with van der Waals surface area (Å²) in [5.41, 5.74) is 6.32. The number of carbonyl (C=O) groups is 1. The lowest BCUT2D eigenvalue weighted by molar-refractivity contribution is -0.114. The first-order valence-corrected chi connectivity index (χ1v) is 10.4. The summed E-state index contributed by atoms with van der Waals surface area (Å²) in [6.07, 6.45) is 0.851. The molecule has 7 heteroatoms. The zero-order valence-electron chi connectivity index (χ0n) is 18.6. The van der Waals surface area contributed by atoms with Gasteiger partial charge in [-0.2, -0.15) is 5.10 Å². The fraction of sp³-hybridized carbons (Fsp3) is 0.292. The number of hydrogen-bond acceptors (Lipinski definition) is 3. The summed E-state index contributed by atoms with van der Waals surface area (Å²) in [4.78, 5) is 15.4. The lowest BCUT2D eigenvalue weighted by Gasteiger charge is -2.15. The molecule has 0 unspecified atom stereocenters. The minimum Gasteiger partial charge on any atom is -0.356 e. The minimum atomic E-state index is -0.0660. The van der Waals surface area contributed by atoms with Gasteiger partial charge >= 0.3 is 0 Å². The number of rotatable bonds is 7. The summed E-state index contributed by atoms with van der Waals surface area (Å²) in [6, 6.07) is 18.2. The van der Waals surface area contributed by atoms with Gasteiger partial charge in [-0.25, -0.2) is 4.68 Å². The second-order valence-electron chi connectivity index (χ2n) is 7.45. The van der Waals surface area contributed by atoms with E-state index in [0.717, 1.165) is 47.3 Å². The average Bonchev–Trinajstić information content (AvgIpc) is 3.09. The number of aliphatic imine (C=N–C) groups is 1. The van der Waals surface area contributed by atoms with Crippen LogP contribution in [0.2, 0.25) is 0 Å². The predicted molar refractivity (Wildman–Crippen MR) is 126 cm³/mol. The Balaban J connectivity index is 1.55. The van der Waals surface area contributed by atoms with Crippen LogP contribution in [-0.4, -0.2) is 35.2 Å². The second-order valence-corrected chi connectivity index (χ2v) is 7.45. The van der Waals surface area contributed by atoms with E-state index >= 15 is 0 Å². The molecule has 31 heavy (non-hydrogen) atoms. The maximum absolute atomic E-state index is 11.1. The standard InChI is InChI=1S/C24H30N6O/c1-17-15-18(2)30(29-17)23-8-6-5-7-21(23)16-27-24(25-4)26-14-13-20-9-11-22(12-10-20)28-19(3)31/h5-12,15H,13-14,16H2,1-4H3,(H,28,31)(H2,25,26,27). The van der Waals surface area contributed by atoms with E-state index in [1.165, 1.54) is 12.5 Å². The third kappa shape index (κ3) is 6.18. The van der Waals surface area contributed by atoms with E-state index in [2.05, 4.69) is 51.2 Å². The van der Waals surface area contributed by atoms with Crippen LogP contribution in [0.5, 0.6) is 0 Å². The monoisotopic (exact) mass is 418 g/mol. The smallest absolute Gasteiger partial charge is 0.221 e. The van der Waals surface area contributed by atoms with Crippen molar-refractivity contribution in [2.24, 2.45) is 4.99 Å². The van der Waals surface area contributed by atoms with Gasteiger partial charge in [0.15, 0.2) is 5.96 Å². The van der Waals surface area contributed by atoms with Gasteiger partial charge in [-0.15, -0.1) is 0 Å². The fourth-order valence-electron chi connectivity index (χ4n) is 3.42. The van der Waals surface area contributed by atoms with Gasteiger partial charge in [-0.3, -0.25) is 9.79 Å². The highest BCUT2D eigenvalue weighted by Gasteiger charge is 2.09. The first-order chi connectivity index (χ1) is 15.0. The highest BCUT2D eigenvalue weighted by Crippen LogP contribution is 2.17. The zero-order valence-corrected chi connectivity index (χ0v) is 18.6. The highest BCUT2D eigenvalue weighted by atomic mass is 16.1. The molecule has 1 amide bonds. The number of anilines is 1. The molecule has 0 aliphatic heterocycles. The molecule has 0 aliphatic carbocycles. The Hall–Kier alpha value is -3.61. The van der Waals surface area contributed by atoms with Crippen molar-refractivity contribution in [3.05, 3.63) is 77.1 Å². The van der Waals surface area contributed by atoms with Gasteiger partial charge in [0.05, 0.1) is 11.4 Å². The highest BCUT2D eigenvalue weighted by molar-refractivity contribution is 5.88. The van der Waals surface area contributed by atoms with Gasteiger partial charge in [0, 0.05) is 38.4 Å². The second kappa shape index (κ2) is 10.4. The quantitative estimate of drug-likeness (QED) is 0.406. The predicted octanol–water partition coefficient (Wildman–Crippen LogP) is 3.36. The molecule has 1 heterocycles. The van der Waals surface area contributed by atoms with Crippen LogP contribution in [0.15, 0.2) is 59.6 Å². The Morgan fingerprint density at radius 2 is 1.81 bits per heavy atom. The van der Waals surface area contributed by atoms with E-state index in [4.69, 9.17) is 0 Å². The van der Waals surface area contributed by atoms with E-state index in [0.29, 0.717) is 6.54 Å². The van der Waals surface area contributed by atoms with Crippen molar-refractivity contribution < 1.29 is 4.79 Å². The van der Waals surface area contributed by atoms with Crippen LogP contribution in [0.25, 0.3) is 5.69 Å². The van der Waals surface area contributed by atoms with E-state index in [9.17, 15) is 4.79 Å². The molecule has 0 saturated carbocycles. The van der Waals surface area contributed by atoms with Gasteiger partial charge in [0.2, 0.25) is 5.91 Å². The van der Waals surface area contributed by atoms with Crippen LogP contribution in [0, 0.1) is 13.8 Å². The number of nitrogens with one attached hydrogen (secondary N) is 3. The van der Waals surface area contributed by atoms with Crippen LogP contribution < -0.4 is 16.0 Å². The molecule has 2 aromatic carbocycles. The van der Waals surface area contributed by atoms with Crippen molar-refractivity contribution in [1.82, 2.24) is 20.4 Å². The maximum atomic E-state index is 11.1. The molecular weight excluding hydrogens is 388 g/mol. The van der Waals surface area contributed by atoms with E-state index in [1.807, 2.05) is 48.0 Å². The van der Waals surface area contributed by atoms with Crippen LogP contribution in [0.1, 0.15) is 29.4 Å². The Morgan fingerprint density at radius 1 is 1.06 bits per heavy atom. The van der Waals surface area contributed by atoms with Gasteiger partial charge in [0.25, 0.3) is 0 Å². The number of amides is 1. The molecule has 0 fully saturated rings. The Bertz CT molecular complexity index is 1050. The summed E-state index contributed by atoms with van der Waals surface area (Å²) in [5, 5.41) is 14.1. The van der Waals surface area contributed by atoms with Crippen molar-refractivity contribution in [3.63, 3.8) is 0 Å². The van der Waals surface area contributed by atoms with Gasteiger partial charge in [-0.05, 0) is 55.7 Å². The van der Waals surface area contributed by atoms with Gasteiger partial charge < -0.3 is 16.0 Å². The molecular formula is C24H30N6O. The van der Waals surface area contributed by atoms with Gasteiger partial charge in [-0.1, -0.05) is 30.3 Å². The topological polar surface area (TPSA) is 83.3 Å². The van der Waals surface area contributed by atoms with E-state index in [-0.39, 0.29) is 5.91 Å². The molecule has 162 valence electrons. The van der Waals surface area contributed by atoms with E-state index < -0.39 is 0 Å². The van der Waals surface area contributed by atoms with Crippen LogP contribution in [0.3, 0.4) is 0 Å². The first kappa shape index (κ1) is 22.1. The maximum Gasteiger partial charge on any atom is 0.221 e. The lowest BCUT2D eigenvalue weighted by atomic mass is 10.1. The number of para-hydroxylation sites is 1. The molecule has 3 N–H and O–H groups in total. The molecule has 1 aromatic heterocycles. The number of aromatic nitrogens is 2. The summed E-state index contributed by atoms with van der Waals surface area (Å²) in [7, 11) is 1.77. The minimum absolute atomic E-state index is 0.0660. The van der Waals surface area contributed by atoms with Crippen LogP contribution >= 0.6 is 0 Å². The van der Waals surface area contributed by atoms with Crippen molar-refractivity contribution in [3.8, 4) is 5.69 Å². The van der Waals surface area contributed by atoms with Crippen molar-refractivity contribution >= 4 is 17.6 Å².